The molecule has 0 fully saturated rings. The van der Waals surface area contributed by atoms with E-state index in [1.807, 2.05) is 36.4 Å². The van der Waals surface area contributed by atoms with Crippen molar-refractivity contribution in [3.8, 4) is 0 Å². The number of hydrogen-bond donors (Lipinski definition) is 1. The minimum absolute atomic E-state index is 0. The predicted octanol–water partition coefficient (Wildman–Crippen LogP) is 4.28. The van der Waals surface area contributed by atoms with Gasteiger partial charge in [0.15, 0.2) is 0 Å². The van der Waals surface area contributed by atoms with E-state index in [0.29, 0.717) is 0 Å². The third-order valence-electron chi connectivity index (χ3n) is 2.46. The van der Waals surface area contributed by atoms with E-state index < -0.39 is 10.1 Å². The Hall–Kier alpha value is -1.17. The summed E-state index contributed by atoms with van der Waals surface area (Å²) < 4.78 is 28.9. The Morgan fingerprint density at radius 3 is 1.70 bits per heavy atom. The molecule has 5 heteroatoms. The van der Waals surface area contributed by atoms with Gasteiger partial charge in [-0.15, -0.1) is 0 Å². The molecule has 0 aliphatic rings. The van der Waals surface area contributed by atoms with Crippen LogP contribution in [0.2, 0.25) is 0 Å². The average Bonchev–Trinajstić information content (AvgIpc) is 2.53. The van der Waals surface area contributed by atoms with Gasteiger partial charge in [0.25, 0.3) is 10.1 Å². The van der Waals surface area contributed by atoms with Gasteiger partial charge in [0, 0.05) is 0 Å². The van der Waals surface area contributed by atoms with Crippen LogP contribution in [-0.4, -0.2) is 50.7 Å². The number of benzene rings is 2. The molecule has 0 spiro atoms. The van der Waals surface area contributed by atoms with Crippen molar-refractivity contribution in [3.63, 3.8) is 0 Å². The molecule has 0 heterocycles. The SMILES string of the molecule is C=CC=Cc1ccccc1.O=S(=O)(O)C=Cc1ccccc1.[Ca+2].[H-].[H-]. The van der Waals surface area contributed by atoms with Crippen LogP contribution >= 0.6 is 0 Å². The van der Waals surface area contributed by atoms with Gasteiger partial charge < -0.3 is 2.85 Å². The summed E-state index contributed by atoms with van der Waals surface area (Å²) in [5, 5.41) is 0.752. The molecule has 23 heavy (non-hydrogen) atoms. The van der Waals surface area contributed by atoms with E-state index in [4.69, 9.17) is 4.55 Å². The molecule has 0 aliphatic carbocycles. The van der Waals surface area contributed by atoms with Crippen molar-refractivity contribution in [2.75, 3.05) is 0 Å². The summed E-state index contributed by atoms with van der Waals surface area (Å²) in [4.78, 5) is 0. The number of rotatable bonds is 4. The minimum atomic E-state index is -4.00. The largest absolute Gasteiger partial charge is 2.00 e. The van der Waals surface area contributed by atoms with E-state index in [2.05, 4.69) is 18.7 Å². The zero-order valence-corrected chi connectivity index (χ0v) is 15.8. The van der Waals surface area contributed by atoms with Crippen LogP contribution in [0, 0.1) is 0 Å². The monoisotopic (exact) mass is 356 g/mol. The molecule has 2 rings (SSSR count). The van der Waals surface area contributed by atoms with Crippen molar-refractivity contribution in [3.05, 3.63) is 95.9 Å². The Morgan fingerprint density at radius 2 is 1.30 bits per heavy atom. The van der Waals surface area contributed by atoms with Crippen LogP contribution < -0.4 is 0 Å². The van der Waals surface area contributed by atoms with Crippen molar-refractivity contribution in [1.29, 1.82) is 0 Å². The number of hydrogen-bond acceptors (Lipinski definition) is 2. The fourth-order valence-electron chi connectivity index (χ4n) is 1.47. The van der Waals surface area contributed by atoms with Gasteiger partial charge in [0.05, 0.1) is 5.41 Å². The molecule has 1 N–H and O–H groups in total. The summed E-state index contributed by atoms with van der Waals surface area (Å²) in [6.45, 7) is 3.59. The summed E-state index contributed by atoms with van der Waals surface area (Å²) in [6.07, 6.45) is 7.05. The molecule has 118 valence electrons. The molecule has 0 bridgehead atoms. The molecule has 2 aromatic rings. The van der Waals surface area contributed by atoms with Crippen molar-refractivity contribution >= 4 is 60.0 Å². The van der Waals surface area contributed by atoms with E-state index in [1.165, 1.54) is 11.6 Å². The Balaban J connectivity index is -0.000000350. The van der Waals surface area contributed by atoms with Crippen molar-refractivity contribution in [2.24, 2.45) is 0 Å². The first kappa shape index (κ1) is 21.8. The van der Waals surface area contributed by atoms with Crippen molar-refractivity contribution < 1.29 is 15.8 Å². The summed E-state index contributed by atoms with van der Waals surface area (Å²) in [6, 6.07) is 19.0. The summed E-state index contributed by atoms with van der Waals surface area (Å²) in [5.41, 5.74) is 1.94. The Kier molecular flexibility index (Phi) is 11.7. The second kappa shape index (κ2) is 12.3. The average molecular weight is 356 g/mol. The maximum atomic E-state index is 10.3. The van der Waals surface area contributed by atoms with Gasteiger partial charge >= 0.3 is 37.7 Å². The second-order valence-electron chi connectivity index (χ2n) is 4.23. The van der Waals surface area contributed by atoms with E-state index in [1.54, 1.807) is 30.3 Å². The molecule has 2 aromatic carbocycles. The predicted molar refractivity (Wildman–Crippen MR) is 101 cm³/mol. The molecule has 0 aliphatic heterocycles. The van der Waals surface area contributed by atoms with Crippen LogP contribution in [-0.2, 0) is 10.1 Å². The standard InChI is InChI=1S/C10H10.C8H8O3S.Ca.2H/c1-2-3-7-10-8-5-4-6-9-10;9-12(10,11)7-6-8-4-2-1-3-5-8;;;/h2-9H,1H2;1-7H,(H,9,10,11);;;/q;;+2;2*-1. The minimum Gasteiger partial charge on any atom is -1.00 e. The van der Waals surface area contributed by atoms with Gasteiger partial charge in [0.2, 0.25) is 0 Å². The van der Waals surface area contributed by atoms with Crippen LogP contribution in [0.1, 0.15) is 14.0 Å². The first-order chi connectivity index (χ1) is 10.5. The van der Waals surface area contributed by atoms with Crippen LogP contribution in [0.25, 0.3) is 12.2 Å². The molecule has 0 unspecified atom stereocenters. The van der Waals surface area contributed by atoms with Gasteiger partial charge in [0.1, 0.15) is 0 Å². The summed E-state index contributed by atoms with van der Waals surface area (Å²) >= 11 is 0. The van der Waals surface area contributed by atoms with Crippen LogP contribution in [0.4, 0.5) is 0 Å². The molecule has 0 amide bonds. The number of allylic oxidation sites excluding steroid dienone is 2. The zero-order chi connectivity index (χ0) is 16.3. The molecular formula is C18H20CaO3S. The third kappa shape index (κ3) is 12.0. The Morgan fingerprint density at radius 1 is 0.870 bits per heavy atom. The van der Waals surface area contributed by atoms with E-state index in [9.17, 15) is 8.42 Å². The Bertz CT molecular complexity index is 731. The Labute approximate surface area is 170 Å². The van der Waals surface area contributed by atoms with Crippen LogP contribution in [0.3, 0.4) is 0 Å². The maximum Gasteiger partial charge on any atom is 2.00 e. The molecule has 0 aromatic heterocycles. The van der Waals surface area contributed by atoms with E-state index >= 15 is 0 Å². The van der Waals surface area contributed by atoms with Crippen molar-refractivity contribution in [1.82, 2.24) is 0 Å². The molecule has 0 atom stereocenters. The van der Waals surface area contributed by atoms with E-state index in [-0.39, 0.29) is 40.6 Å². The van der Waals surface area contributed by atoms with Gasteiger partial charge in [-0.2, -0.15) is 8.42 Å². The fourth-order valence-corrected chi connectivity index (χ4v) is 1.80. The zero-order valence-electron chi connectivity index (χ0n) is 14.7. The van der Waals surface area contributed by atoms with Gasteiger partial charge in [-0.1, -0.05) is 85.5 Å². The summed E-state index contributed by atoms with van der Waals surface area (Å²) in [7, 11) is -4.00. The molecule has 3 nitrogen and oxygen atoms in total. The first-order valence-corrected chi connectivity index (χ1v) is 8.06. The van der Waals surface area contributed by atoms with Gasteiger partial charge in [-0.05, 0) is 17.2 Å². The first-order valence-electron chi connectivity index (χ1n) is 6.56. The van der Waals surface area contributed by atoms with Crippen molar-refractivity contribution in [2.45, 2.75) is 0 Å². The quantitative estimate of drug-likeness (QED) is 0.505. The topological polar surface area (TPSA) is 54.4 Å². The molecule has 0 saturated heterocycles. The summed E-state index contributed by atoms with van der Waals surface area (Å²) in [5.74, 6) is 0. The molecular weight excluding hydrogens is 336 g/mol. The van der Waals surface area contributed by atoms with Gasteiger partial charge in [-0.25, -0.2) is 0 Å². The van der Waals surface area contributed by atoms with Gasteiger partial charge in [-0.3, -0.25) is 4.55 Å². The smallest absolute Gasteiger partial charge is 1.00 e. The van der Waals surface area contributed by atoms with Crippen LogP contribution in [0.5, 0.6) is 0 Å². The third-order valence-corrected chi connectivity index (χ3v) is 2.94. The fraction of sp³-hybridized carbons (Fsp3) is 0. The van der Waals surface area contributed by atoms with E-state index in [0.717, 1.165) is 11.0 Å². The molecule has 0 saturated carbocycles. The second-order valence-corrected chi connectivity index (χ2v) is 5.54. The maximum absolute atomic E-state index is 10.3. The molecule has 0 radical (unpaired) electrons. The normalized spacial score (nSPS) is 10.7. The van der Waals surface area contributed by atoms with Crippen LogP contribution in [0.15, 0.2) is 84.8 Å².